The molecule has 3 aromatic heterocycles. The molecule has 0 atom stereocenters. The summed E-state index contributed by atoms with van der Waals surface area (Å²) in [6.07, 6.45) is 4.36. The standard InChI is InChI=1S/C24H23N2O8P/c1-16-19(26-24(34-16)21-6-4-11-31-21)15-32-20-8-7-17(13-22(20)30-2)14-33-23-18(5-3-10-25-23)9-12-35(27,28)29/h3-13H,14-15H2,1-2H3,(H2,27,28,29). The summed E-state index contributed by atoms with van der Waals surface area (Å²) in [5.74, 6) is 3.61. The lowest BCUT2D eigenvalue weighted by Gasteiger charge is -2.13. The third kappa shape index (κ3) is 6.39. The van der Waals surface area contributed by atoms with Crippen molar-refractivity contribution in [1.29, 1.82) is 0 Å². The maximum atomic E-state index is 11.1. The minimum absolute atomic E-state index is 0.152. The van der Waals surface area contributed by atoms with Crippen LogP contribution in [-0.4, -0.2) is 26.9 Å². The Kier molecular flexibility index (Phi) is 7.36. The highest BCUT2D eigenvalue weighted by Gasteiger charge is 2.15. The van der Waals surface area contributed by atoms with E-state index in [1.807, 2.05) is 6.07 Å². The number of furan rings is 1. The molecule has 0 saturated carbocycles. The van der Waals surface area contributed by atoms with Gasteiger partial charge in [0.25, 0.3) is 5.89 Å². The fourth-order valence-corrected chi connectivity index (χ4v) is 3.47. The molecule has 4 rings (SSSR count). The topological polar surface area (TPSA) is 137 Å². The summed E-state index contributed by atoms with van der Waals surface area (Å²) in [5, 5.41) is 0. The maximum absolute atomic E-state index is 11.1. The van der Waals surface area contributed by atoms with Gasteiger partial charge in [0.05, 0.1) is 13.4 Å². The first kappa shape index (κ1) is 24.3. The molecule has 182 valence electrons. The van der Waals surface area contributed by atoms with E-state index >= 15 is 0 Å². The van der Waals surface area contributed by atoms with Crippen LogP contribution >= 0.6 is 7.60 Å². The number of oxazole rings is 1. The highest BCUT2D eigenvalue weighted by Crippen LogP contribution is 2.37. The van der Waals surface area contributed by atoms with Gasteiger partial charge in [0, 0.05) is 17.6 Å². The van der Waals surface area contributed by atoms with Crippen molar-refractivity contribution in [2.45, 2.75) is 20.1 Å². The fourth-order valence-electron chi connectivity index (χ4n) is 3.11. The van der Waals surface area contributed by atoms with Crippen molar-refractivity contribution in [1.82, 2.24) is 9.97 Å². The van der Waals surface area contributed by atoms with Gasteiger partial charge in [-0.15, -0.1) is 0 Å². The molecule has 0 aliphatic rings. The van der Waals surface area contributed by atoms with Crippen molar-refractivity contribution in [2.24, 2.45) is 0 Å². The maximum Gasteiger partial charge on any atom is 0.349 e. The molecule has 0 fully saturated rings. The lowest BCUT2D eigenvalue weighted by atomic mass is 10.2. The lowest BCUT2D eigenvalue weighted by Crippen LogP contribution is -2.02. The van der Waals surface area contributed by atoms with E-state index in [0.717, 1.165) is 11.4 Å². The van der Waals surface area contributed by atoms with Crippen LogP contribution in [0.1, 0.15) is 22.6 Å². The molecule has 3 heterocycles. The van der Waals surface area contributed by atoms with E-state index in [1.54, 1.807) is 49.6 Å². The second kappa shape index (κ2) is 10.6. The lowest BCUT2D eigenvalue weighted by molar-refractivity contribution is 0.275. The van der Waals surface area contributed by atoms with Gasteiger partial charge in [0.15, 0.2) is 17.3 Å². The number of benzene rings is 1. The van der Waals surface area contributed by atoms with Crippen LogP contribution in [0.25, 0.3) is 17.7 Å². The number of aryl methyl sites for hydroxylation is 1. The van der Waals surface area contributed by atoms with E-state index in [4.69, 9.17) is 32.8 Å². The molecular weight excluding hydrogens is 475 g/mol. The molecule has 2 N–H and O–H groups in total. The molecule has 0 spiro atoms. The molecule has 0 radical (unpaired) electrons. The molecule has 0 bridgehead atoms. The van der Waals surface area contributed by atoms with Gasteiger partial charge in [-0.2, -0.15) is 0 Å². The fraction of sp³-hybridized carbons (Fsp3) is 0.167. The number of aromatic nitrogens is 2. The molecule has 0 saturated heterocycles. The van der Waals surface area contributed by atoms with E-state index < -0.39 is 7.60 Å². The van der Waals surface area contributed by atoms with Crippen LogP contribution in [0.3, 0.4) is 0 Å². The van der Waals surface area contributed by atoms with Crippen molar-refractivity contribution in [2.75, 3.05) is 7.11 Å². The Morgan fingerprint density at radius 2 is 1.94 bits per heavy atom. The van der Waals surface area contributed by atoms with Crippen LogP contribution in [0.4, 0.5) is 0 Å². The molecule has 4 aromatic rings. The summed E-state index contributed by atoms with van der Waals surface area (Å²) < 4.78 is 39.2. The van der Waals surface area contributed by atoms with Crippen LogP contribution in [0.5, 0.6) is 17.4 Å². The summed E-state index contributed by atoms with van der Waals surface area (Å²) in [6, 6.07) is 12.2. The van der Waals surface area contributed by atoms with Gasteiger partial charge in [-0.25, -0.2) is 9.97 Å². The number of rotatable bonds is 10. The van der Waals surface area contributed by atoms with Gasteiger partial charge in [0.1, 0.15) is 24.7 Å². The molecule has 0 unspecified atom stereocenters. The number of ether oxygens (including phenoxy) is 3. The largest absolute Gasteiger partial charge is 0.493 e. The van der Waals surface area contributed by atoms with Gasteiger partial charge in [-0.1, -0.05) is 6.07 Å². The number of methoxy groups -OCH3 is 1. The van der Waals surface area contributed by atoms with E-state index in [0.29, 0.717) is 40.2 Å². The first-order valence-corrected chi connectivity index (χ1v) is 12.1. The van der Waals surface area contributed by atoms with Crippen LogP contribution in [-0.2, 0) is 17.8 Å². The number of pyridine rings is 1. The number of hydrogen-bond acceptors (Lipinski definition) is 8. The Hall–Kier alpha value is -3.85. The Balaban J connectivity index is 1.42. The van der Waals surface area contributed by atoms with Crippen LogP contribution in [0.2, 0.25) is 0 Å². The normalized spacial score (nSPS) is 11.7. The zero-order valence-corrected chi connectivity index (χ0v) is 19.8. The second-order valence-corrected chi connectivity index (χ2v) is 8.84. The molecule has 0 amide bonds. The molecule has 0 aliphatic carbocycles. The van der Waals surface area contributed by atoms with Crippen molar-refractivity contribution < 1.29 is 37.4 Å². The van der Waals surface area contributed by atoms with Gasteiger partial charge >= 0.3 is 7.60 Å². The second-order valence-electron chi connectivity index (χ2n) is 7.36. The number of nitrogens with zero attached hydrogens (tertiary/aromatic N) is 2. The molecule has 10 nitrogen and oxygen atoms in total. The Morgan fingerprint density at radius 3 is 2.69 bits per heavy atom. The van der Waals surface area contributed by atoms with Crippen LogP contribution in [0.15, 0.2) is 69.6 Å². The van der Waals surface area contributed by atoms with Crippen LogP contribution in [0, 0.1) is 6.92 Å². The van der Waals surface area contributed by atoms with Gasteiger partial charge in [-0.3, -0.25) is 4.57 Å². The summed E-state index contributed by atoms with van der Waals surface area (Å²) in [7, 11) is -2.76. The van der Waals surface area contributed by atoms with Crippen LogP contribution < -0.4 is 14.2 Å². The molecule has 0 aliphatic heterocycles. The molecule has 35 heavy (non-hydrogen) atoms. The summed E-state index contributed by atoms with van der Waals surface area (Å²) in [4.78, 5) is 26.7. The zero-order chi connectivity index (χ0) is 24.8. The first-order valence-electron chi connectivity index (χ1n) is 10.4. The summed E-state index contributed by atoms with van der Waals surface area (Å²) >= 11 is 0. The Bertz CT molecular complexity index is 1360. The minimum atomic E-state index is -4.30. The van der Waals surface area contributed by atoms with E-state index in [9.17, 15) is 4.57 Å². The third-order valence-electron chi connectivity index (χ3n) is 4.84. The highest BCUT2D eigenvalue weighted by molar-refractivity contribution is 7.55. The SMILES string of the molecule is COc1cc(COc2ncccc2C=CP(=O)(O)O)ccc1OCc1nc(-c2ccco2)oc1C. The predicted octanol–water partition coefficient (Wildman–Crippen LogP) is 4.95. The van der Waals surface area contributed by atoms with E-state index in [2.05, 4.69) is 9.97 Å². The third-order valence-corrected chi connectivity index (χ3v) is 5.38. The van der Waals surface area contributed by atoms with Gasteiger partial charge in [-0.05, 0) is 55.0 Å². The molecule has 11 heteroatoms. The number of hydrogen-bond donors (Lipinski definition) is 2. The van der Waals surface area contributed by atoms with Crippen molar-refractivity contribution in [3.05, 3.63) is 83.3 Å². The van der Waals surface area contributed by atoms with E-state index in [1.165, 1.54) is 19.4 Å². The quantitative estimate of drug-likeness (QED) is 0.289. The predicted molar refractivity (Wildman–Crippen MR) is 126 cm³/mol. The van der Waals surface area contributed by atoms with Crippen molar-refractivity contribution in [3.63, 3.8) is 0 Å². The molecule has 1 aromatic carbocycles. The van der Waals surface area contributed by atoms with Crippen molar-refractivity contribution >= 4 is 13.7 Å². The average molecular weight is 498 g/mol. The summed E-state index contributed by atoms with van der Waals surface area (Å²) in [5.41, 5.74) is 1.86. The highest BCUT2D eigenvalue weighted by atomic mass is 31.2. The van der Waals surface area contributed by atoms with Gasteiger partial charge in [0.2, 0.25) is 5.88 Å². The minimum Gasteiger partial charge on any atom is -0.493 e. The monoisotopic (exact) mass is 498 g/mol. The Labute approximate surface area is 201 Å². The summed E-state index contributed by atoms with van der Waals surface area (Å²) in [6.45, 7) is 2.13. The average Bonchev–Trinajstić information content (AvgIpc) is 3.50. The first-order chi connectivity index (χ1) is 16.8. The molecular formula is C24H23N2O8P. The smallest absolute Gasteiger partial charge is 0.349 e. The van der Waals surface area contributed by atoms with E-state index in [-0.39, 0.29) is 19.1 Å². The van der Waals surface area contributed by atoms with Crippen molar-refractivity contribution in [3.8, 4) is 29.0 Å². The Morgan fingerprint density at radius 1 is 1.09 bits per heavy atom. The van der Waals surface area contributed by atoms with Gasteiger partial charge < -0.3 is 32.8 Å². The zero-order valence-electron chi connectivity index (χ0n) is 19.0.